The van der Waals surface area contributed by atoms with Crippen molar-refractivity contribution in [1.29, 1.82) is 0 Å². The summed E-state index contributed by atoms with van der Waals surface area (Å²) in [5, 5.41) is 4.73. The molecule has 7 aromatic rings. The molecule has 0 saturated carbocycles. The Kier molecular flexibility index (Phi) is 4.82. The van der Waals surface area contributed by atoms with Crippen molar-refractivity contribution >= 4 is 32.6 Å². The van der Waals surface area contributed by atoms with Gasteiger partial charge in [0.15, 0.2) is 0 Å². The first-order valence-corrected chi connectivity index (χ1v) is 12.2. The van der Waals surface area contributed by atoms with Crippen LogP contribution in [0.2, 0.25) is 0 Å². The van der Waals surface area contributed by atoms with Crippen LogP contribution in [0.1, 0.15) is 0 Å². The highest BCUT2D eigenvalue weighted by atomic mass is 14.7. The van der Waals surface area contributed by atoms with E-state index >= 15 is 0 Å². The summed E-state index contributed by atoms with van der Waals surface area (Å²) in [4.78, 5) is 9.79. The Morgan fingerprint density at radius 3 is 2.00 bits per heavy atom. The van der Waals surface area contributed by atoms with Gasteiger partial charge in [0, 0.05) is 38.9 Å². The van der Waals surface area contributed by atoms with Crippen LogP contribution in [-0.4, -0.2) is 9.97 Å². The van der Waals surface area contributed by atoms with Crippen LogP contribution in [-0.2, 0) is 0 Å². The number of nitrogens with zero attached hydrogens (tertiary/aromatic N) is 2. The molecule has 7 rings (SSSR count). The van der Waals surface area contributed by atoms with E-state index in [-0.39, 0.29) is 0 Å². The van der Waals surface area contributed by atoms with Crippen molar-refractivity contribution < 1.29 is 0 Å². The number of pyridine rings is 2. The van der Waals surface area contributed by atoms with Crippen LogP contribution < -0.4 is 0 Å². The van der Waals surface area contributed by atoms with Gasteiger partial charge in [0.1, 0.15) is 0 Å². The maximum atomic E-state index is 5.15. The van der Waals surface area contributed by atoms with Crippen LogP contribution in [0.5, 0.6) is 0 Å². The molecule has 0 N–H and O–H groups in total. The van der Waals surface area contributed by atoms with Gasteiger partial charge in [-0.15, -0.1) is 0 Å². The number of benzene rings is 5. The van der Waals surface area contributed by atoms with Gasteiger partial charge in [-0.1, -0.05) is 115 Å². The molecular weight excluding hydrogens is 436 g/mol. The topological polar surface area (TPSA) is 25.8 Å². The first-order valence-electron chi connectivity index (χ1n) is 12.2. The molecule has 0 fully saturated rings. The van der Waals surface area contributed by atoms with E-state index in [0.29, 0.717) is 0 Å². The Balaban J connectivity index is 1.44. The van der Waals surface area contributed by atoms with Gasteiger partial charge < -0.3 is 0 Å². The highest BCUT2D eigenvalue weighted by molar-refractivity contribution is 6.17. The van der Waals surface area contributed by atoms with Crippen LogP contribution in [0.15, 0.2) is 134 Å². The molecule has 0 aliphatic rings. The highest BCUT2D eigenvalue weighted by Gasteiger charge is 2.14. The first-order chi connectivity index (χ1) is 17.9. The van der Waals surface area contributed by atoms with Gasteiger partial charge in [-0.05, 0) is 28.8 Å². The average Bonchev–Trinajstić information content (AvgIpc) is 2.97. The first kappa shape index (κ1) is 20.5. The summed E-state index contributed by atoms with van der Waals surface area (Å²) >= 11 is 0. The predicted octanol–water partition coefficient (Wildman–Crippen LogP) is 8.94. The van der Waals surface area contributed by atoms with Gasteiger partial charge >= 0.3 is 0 Å². The summed E-state index contributed by atoms with van der Waals surface area (Å²) in [5.41, 5.74) is 8.87. The molecule has 0 radical (unpaired) electrons. The van der Waals surface area contributed by atoms with E-state index in [0.717, 1.165) is 44.2 Å². The fourth-order valence-electron chi connectivity index (χ4n) is 5.23. The quantitative estimate of drug-likeness (QED) is 0.247. The van der Waals surface area contributed by atoms with Gasteiger partial charge in [0.25, 0.3) is 0 Å². The zero-order chi connectivity index (χ0) is 23.9. The van der Waals surface area contributed by atoms with Gasteiger partial charge in [0.2, 0.25) is 0 Å². The highest BCUT2D eigenvalue weighted by Crippen LogP contribution is 2.39. The largest absolute Gasteiger partial charge is 0.256 e. The smallest absolute Gasteiger partial charge is 0.0788 e. The van der Waals surface area contributed by atoms with Gasteiger partial charge in [-0.3, -0.25) is 4.98 Å². The maximum Gasteiger partial charge on any atom is 0.0788 e. The fourth-order valence-corrected chi connectivity index (χ4v) is 5.23. The molecule has 2 heteroatoms. The molecule has 36 heavy (non-hydrogen) atoms. The fraction of sp³-hybridized carbons (Fsp3) is 0. The van der Waals surface area contributed by atoms with Crippen molar-refractivity contribution in [3.63, 3.8) is 0 Å². The summed E-state index contributed by atoms with van der Waals surface area (Å²) in [6.07, 6.45) is 1.86. The van der Waals surface area contributed by atoms with E-state index in [1.807, 2.05) is 12.3 Å². The molecule has 0 unspecified atom stereocenters. The molecule has 0 amide bonds. The van der Waals surface area contributed by atoms with Gasteiger partial charge in [-0.25, -0.2) is 4.98 Å². The monoisotopic (exact) mass is 458 g/mol. The molecular formula is C34H22N2. The van der Waals surface area contributed by atoms with Crippen molar-refractivity contribution in [3.05, 3.63) is 134 Å². The SMILES string of the molecule is c1ccc(-c2cccc3c(-c4ccc(-c5cccc6cccnc56)cc4)nc4ccccc4c23)cc1. The third-order valence-electron chi connectivity index (χ3n) is 6.91. The van der Waals surface area contributed by atoms with Gasteiger partial charge in [-0.2, -0.15) is 0 Å². The standard InChI is InChI=1S/C34H22N2/c1-2-9-23(10-3-1)27-14-7-16-30-32(27)29-13-4-5-17-31(29)36-34(30)26-20-18-24(19-21-26)28-15-6-11-25-12-8-22-35-33(25)28/h1-22H. The molecule has 0 bridgehead atoms. The summed E-state index contributed by atoms with van der Waals surface area (Å²) in [6.45, 7) is 0. The Morgan fingerprint density at radius 1 is 0.444 bits per heavy atom. The second-order valence-corrected chi connectivity index (χ2v) is 9.03. The van der Waals surface area contributed by atoms with Crippen molar-refractivity contribution in [2.75, 3.05) is 0 Å². The average molecular weight is 459 g/mol. The second-order valence-electron chi connectivity index (χ2n) is 9.03. The minimum Gasteiger partial charge on any atom is -0.256 e. The molecule has 0 saturated heterocycles. The number of aromatic nitrogens is 2. The molecule has 168 valence electrons. The normalized spacial score (nSPS) is 11.3. The lowest BCUT2D eigenvalue weighted by Gasteiger charge is -2.14. The van der Waals surface area contributed by atoms with Crippen molar-refractivity contribution in [2.45, 2.75) is 0 Å². The molecule has 0 spiro atoms. The summed E-state index contributed by atoms with van der Waals surface area (Å²) in [5.74, 6) is 0. The number of hydrogen-bond donors (Lipinski definition) is 0. The zero-order valence-corrected chi connectivity index (χ0v) is 19.6. The Hall–Kier alpha value is -4.82. The molecule has 2 nitrogen and oxygen atoms in total. The Morgan fingerprint density at radius 2 is 1.11 bits per heavy atom. The van der Waals surface area contributed by atoms with Crippen LogP contribution in [0.3, 0.4) is 0 Å². The summed E-state index contributed by atoms with van der Waals surface area (Å²) in [7, 11) is 0. The molecule has 0 atom stereocenters. The zero-order valence-electron chi connectivity index (χ0n) is 19.6. The van der Waals surface area contributed by atoms with Crippen molar-refractivity contribution in [3.8, 4) is 33.5 Å². The summed E-state index contributed by atoms with van der Waals surface area (Å²) < 4.78 is 0. The van der Waals surface area contributed by atoms with E-state index in [2.05, 4.69) is 126 Å². The van der Waals surface area contributed by atoms with Gasteiger partial charge in [0.05, 0.1) is 16.7 Å². The number of fused-ring (bicyclic) bond motifs is 4. The molecule has 0 aliphatic carbocycles. The molecule has 5 aromatic carbocycles. The van der Waals surface area contributed by atoms with E-state index < -0.39 is 0 Å². The predicted molar refractivity (Wildman–Crippen MR) is 151 cm³/mol. The minimum atomic E-state index is 1.00. The molecule has 2 heterocycles. The van der Waals surface area contributed by atoms with E-state index in [1.165, 1.54) is 21.9 Å². The van der Waals surface area contributed by atoms with E-state index in [9.17, 15) is 0 Å². The Bertz CT molecular complexity index is 1870. The third-order valence-corrected chi connectivity index (χ3v) is 6.91. The number of hydrogen-bond acceptors (Lipinski definition) is 2. The number of para-hydroxylation sites is 2. The maximum absolute atomic E-state index is 5.15. The van der Waals surface area contributed by atoms with E-state index in [1.54, 1.807) is 0 Å². The van der Waals surface area contributed by atoms with Crippen LogP contribution in [0.25, 0.3) is 66.1 Å². The van der Waals surface area contributed by atoms with E-state index in [4.69, 9.17) is 4.98 Å². The summed E-state index contributed by atoms with van der Waals surface area (Å²) in [6, 6.07) is 44.8. The van der Waals surface area contributed by atoms with Crippen LogP contribution in [0, 0.1) is 0 Å². The minimum absolute atomic E-state index is 1.00. The third kappa shape index (κ3) is 3.35. The van der Waals surface area contributed by atoms with Crippen LogP contribution in [0.4, 0.5) is 0 Å². The number of rotatable bonds is 3. The molecule has 0 aliphatic heterocycles. The molecule has 2 aromatic heterocycles. The lowest BCUT2D eigenvalue weighted by molar-refractivity contribution is 1.41. The second kappa shape index (κ2) is 8.44. The lowest BCUT2D eigenvalue weighted by atomic mass is 9.92. The van der Waals surface area contributed by atoms with Crippen molar-refractivity contribution in [2.24, 2.45) is 0 Å². The Labute approximate surface area is 209 Å². The van der Waals surface area contributed by atoms with Crippen LogP contribution >= 0.6 is 0 Å². The van der Waals surface area contributed by atoms with Crippen molar-refractivity contribution in [1.82, 2.24) is 9.97 Å². The lowest BCUT2D eigenvalue weighted by Crippen LogP contribution is -1.92.